The lowest BCUT2D eigenvalue weighted by molar-refractivity contribution is 0.272. The van der Waals surface area contributed by atoms with E-state index in [0.29, 0.717) is 6.61 Å². The number of hydrogen-bond donors (Lipinski definition) is 1. The van der Waals surface area contributed by atoms with Crippen molar-refractivity contribution in [3.8, 4) is 17.1 Å². The Morgan fingerprint density at radius 2 is 1.73 bits per heavy atom. The van der Waals surface area contributed by atoms with Crippen LogP contribution in [-0.2, 0) is 11.0 Å². The first-order chi connectivity index (χ1) is 19.2. The molecule has 1 aromatic carbocycles. The smallest absolute Gasteiger partial charge is 0.192 e. The third kappa shape index (κ3) is 7.41. The Bertz CT molecular complexity index is 1520. The Labute approximate surface area is 250 Å². The van der Waals surface area contributed by atoms with Crippen LogP contribution in [-0.4, -0.2) is 38.7 Å². The number of rotatable bonds is 10. The molecule has 0 aliphatic rings. The highest BCUT2D eigenvalue weighted by Crippen LogP contribution is 2.37. The Kier molecular flexibility index (Phi) is 9.38. The number of nitrogens with one attached hydrogen (secondary N) is 1. The molecule has 0 fully saturated rings. The summed E-state index contributed by atoms with van der Waals surface area (Å²) in [4.78, 5) is 10.1. The minimum atomic E-state index is -1.87. The molecule has 0 aliphatic heterocycles. The summed E-state index contributed by atoms with van der Waals surface area (Å²) < 4.78 is 12.2. The van der Waals surface area contributed by atoms with Crippen molar-refractivity contribution in [2.75, 3.05) is 0 Å². The van der Waals surface area contributed by atoms with E-state index in [0.717, 1.165) is 52.2 Å². The summed E-state index contributed by atoms with van der Waals surface area (Å²) >= 11 is 0. The molecule has 0 saturated heterocycles. The Hall–Kier alpha value is -2.65. The lowest BCUT2D eigenvalue weighted by Gasteiger charge is -2.36. The molecule has 0 bridgehead atoms. The summed E-state index contributed by atoms with van der Waals surface area (Å²) in [6, 6.07) is 18.9. The Balaban J connectivity index is 1.64. The van der Waals surface area contributed by atoms with Gasteiger partial charge in [-0.15, -0.1) is 10.7 Å². The molecule has 4 rings (SSSR count). The maximum Gasteiger partial charge on any atom is 0.192 e. The summed E-state index contributed by atoms with van der Waals surface area (Å²) in [5, 5.41) is 5.91. The van der Waals surface area contributed by atoms with Crippen molar-refractivity contribution in [3.63, 3.8) is 0 Å². The fraction of sp³-hybridized carbons (Fsp3) is 0.455. The molecule has 0 amide bonds. The molecule has 0 aliphatic carbocycles. The standard InChI is InChI=1S/C33H47N5OSSi/c1-11-14-29(37-40(8)32(2,3)4)28-17-13-16-27(36-28)24-19-20-25-22-34-38(30(25)21-24)31-18-12-15-26(35-31)23-39-41(9,10)33(5,6)7/h12-13,15-22,29,37H,8,11,14,23H2,1-7,9-10H3/t29-,40-/m1/s1. The molecule has 3 heterocycles. The van der Waals surface area contributed by atoms with Crippen LogP contribution in [0.5, 0.6) is 0 Å². The van der Waals surface area contributed by atoms with Gasteiger partial charge in [0.15, 0.2) is 14.1 Å². The summed E-state index contributed by atoms with van der Waals surface area (Å²) in [6.07, 6.45) is 3.98. The van der Waals surface area contributed by atoms with Gasteiger partial charge in [-0.05, 0) is 54.9 Å². The van der Waals surface area contributed by atoms with Gasteiger partial charge in [0.1, 0.15) is 0 Å². The molecule has 3 aromatic heterocycles. The van der Waals surface area contributed by atoms with Crippen LogP contribution in [0.1, 0.15) is 78.7 Å². The predicted molar refractivity (Wildman–Crippen MR) is 179 cm³/mol. The van der Waals surface area contributed by atoms with E-state index in [4.69, 9.17) is 19.5 Å². The van der Waals surface area contributed by atoms with E-state index in [1.165, 1.54) is 0 Å². The lowest BCUT2D eigenvalue weighted by atomic mass is 10.1. The van der Waals surface area contributed by atoms with E-state index in [2.05, 4.69) is 109 Å². The zero-order valence-electron chi connectivity index (χ0n) is 26.3. The molecule has 2 atom stereocenters. The van der Waals surface area contributed by atoms with Crippen molar-refractivity contribution >= 4 is 35.8 Å². The maximum atomic E-state index is 6.44. The number of aromatic nitrogens is 4. The average molecular weight is 590 g/mol. The van der Waals surface area contributed by atoms with E-state index >= 15 is 0 Å². The van der Waals surface area contributed by atoms with Crippen LogP contribution >= 0.6 is 10.7 Å². The van der Waals surface area contributed by atoms with Crippen molar-refractivity contribution in [1.82, 2.24) is 24.5 Å². The lowest BCUT2D eigenvalue weighted by Crippen LogP contribution is -2.40. The SMILES string of the molecule is C=[S@@](N[C@H](CCC)c1cccc(-c2ccc3cnn(-c4cccc(CO[Si](C)(C)C(C)(C)C)n4)c3c2)n1)C(C)(C)C. The van der Waals surface area contributed by atoms with E-state index in [1.807, 2.05) is 29.1 Å². The fourth-order valence-corrected chi connectivity index (χ4v) is 6.08. The Morgan fingerprint density at radius 1 is 1.00 bits per heavy atom. The second-order valence-corrected chi connectivity index (χ2v) is 20.3. The molecular formula is C33H47N5OSSi. The van der Waals surface area contributed by atoms with Crippen molar-refractivity contribution in [1.29, 1.82) is 0 Å². The molecule has 220 valence electrons. The first-order valence-electron chi connectivity index (χ1n) is 14.6. The highest BCUT2D eigenvalue weighted by atomic mass is 32.2. The number of benzene rings is 1. The van der Waals surface area contributed by atoms with E-state index < -0.39 is 8.32 Å². The quantitative estimate of drug-likeness (QED) is 0.148. The van der Waals surface area contributed by atoms with Crippen molar-refractivity contribution in [2.45, 2.75) is 96.8 Å². The zero-order valence-corrected chi connectivity index (χ0v) is 28.1. The van der Waals surface area contributed by atoms with Gasteiger partial charge in [0.2, 0.25) is 0 Å². The molecule has 0 spiro atoms. The van der Waals surface area contributed by atoms with Crippen molar-refractivity contribution in [3.05, 3.63) is 72.2 Å². The van der Waals surface area contributed by atoms with E-state index in [1.54, 1.807) is 0 Å². The second-order valence-electron chi connectivity index (χ2n) is 13.3. The second kappa shape index (κ2) is 12.3. The van der Waals surface area contributed by atoms with Crippen LogP contribution in [0.15, 0.2) is 60.8 Å². The average Bonchev–Trinajstić information content (AvgIpc) is 3.34. The van der Waals surface area contributed by atoms with E-state index in [-0.39, 0.29) is 26.5 Å². The van der Waals surface area contributed by atoms with Gasteiger partial charge in [-0.1, -0.05) is 85.0 Å². The van der Waals surface area contributed by atoms with Crippen LogP contribution in [0, 0.1) is 0 Å². The molecule has 4 aromatic rings. The third-order valence-electron chi connectivity index (χ3n) is 7.99. The summed E-state index contributed by atoms with van der Waals surface area (Å²) in [5.41, 5.74) is 4.97. The Morgan fingerprint density at radius 3 is 2.41 bits per heavy atom. The molecular weight excluding hydrogens is 543 g/mol. The minimum Gasteiger partial charge on any atom is -0.411 e. The molecule has 0 radical (unpaired) electrons. The van der Waals surface area contributed by atoms with Crippen molar-refractivity contribution < 1.29 is 4.43 Å². The predicted octanol–water partition coefficient (Wildman–Crippen LogP) is 8.85. The highest BCUT2D eigenvalue weighted by Gasteiger charge is 2.37. The number of pyridine rings is 2. The maximum absolute atomic E-state index is 6.44. The van der Waals surface area contributed by atoms with Gasteiger partial charge in [0, 0.05) is 15.7 Å². The fourth-order valence-electron chi connectivity index (χ4n) is 4.21. The van der Waals surface area contributed by atoms with Crippen LogP contribution < -0.4 is 4.72 Å². The van der Waals surface area contributed by atoms with Crippen molar-refractivity contribution in [2.24, 2.45) is 0 Å². The summed E-state index contributed by atoms with van der Waals surface area (Å²) in [5.74, 6) is 5.20. The van der Waals surface area contributed by atoms with E-state index in [9.17, 15) is 0 Å². The van der Waals surface area contributed by atoms with Gasteiger partial charge in [-0.2, -0.15) is 5.10 Å². The summed E-state index contributed by atoms with van der Waals surface area (Å²) in [7, 11) is -2.06. The summed E-state index contributed by atoms with van der Waals surface area (Å²) in [6.45, 7) is 20.7. The number of fused-ring (bicyclic) bond motifs is 1. The highest BCUT2D eigenvalue weighted by molar-refractivity contribution is 8.13. The minimum absolute atomic E-state index is 0.0925. The normalized spacial score (nSPS) is 14.4. The van der Waals surface area contributed by atoms with Crippen LogP contribution in [0.4, 0.5) is 0 Å². The first kappa shape index (κ1) is 31.3. The van der Waals surface area contributed by atoms with Gasteiger partial charge >= 0.3 is 0 Å². The molecule has 41 heavy (non-hydrogen) atoms. The van der Waals surface area contributed by atoms with Crippen LogP contribution in [0.25, 0.3) is 28.0 Å². The number of hydrogen-bond acceptors (Lipinski definition) is 5. The zero-order chi connectivity index (χ0) is 30.0. The van der Waals surface area contributed by atoms with Gasteiger partial charge in [0.05, 0.1) is 41.4 Å². The molecule has 1 N–H and O–H groups in total. The van der Waals surface area contributed by atoms with Crippen LogP contribution in [0.3, 0.4) is 0 Å². The first-order valence-corrected chi connectivity index (χ1v) is 18.9. The van der Waals surface area contributed by atoms with Gasteiger partial charge < -0.3 is 4.43 Å². The topological polar surface area (TPSA) is 64.9 Å². The largest absolute Gasteiger partial charge is 0.411 e. The monoisotopic (exact) mass is 589 g/mol. The molecule has 8 heteroatoms. The molecule has 0 unspecified atom stereocenters. The van der Waals surface area contributed by atoms with Gasteiger partial charge in [-0.3, -0.25) is 9.71 Å². The van der Waals surface area contributed by atoms with Crippen LogP contribution in [0.2, 0.25) is 18.1 Å². The number of nitrogens with zero attached hydrogens (tertiary/aromatic N) is 4. The van der Waals surface area contributed by atoms with Gasteiger partial charge in [-0.25, -0.2) is 9.67 Å². The molecule has 0 saturated carbocycles. The van der Waals surface area contributed by atoms with Gasteiger partial charge in [0.25, 0.3) is 0 Å². The third-order valence-corrected chi connectivity index (χ3v) is 14.5. The molecule has 6 nitrogen and oxygen atoms in total.